The largest absolute Gasteiger partial charge is 0.301 e. The van der Waals surface area contributed by atoms with Gasteiger partial charge < -0.3 is 5.32 Å². The molecule has 106 valence electrons. The maximum atomic E-state index is 11.9. The van der Waals surface area contributed by atoms with E-state index in [9.17, 15) is 4.79 Å². The maximum absolute atomic E-state index is 11.9. The van der Waals surface area contributed by atoms with Crippen molar-refractivity contribution in [3.63, 3.8) is 0 Å². The molecule has 1 N–H and O–H groups in total. The number of anilines is 1. The highest BCUT2D eigenvalue weighted by Crippen LogP contribution is 2.24. The fourth-order valence-electron chi connectivity index (χ4n) is 1.88. The van der Waals surface area contributed by atoms with Crippen LogP contribution in [0.15, 0.2) is 35.7 Å². The minimum absolute atomic E-state index is 0.0114. The van der Waals surface area contributed by atoms with Gasteiger partial charge in [0.2, 0.25) is 5.91 Å². The highest BCUT2D eigenvalue weighted by molar-refractivity contribution is 7.14. The van der Waals surface area contributed by atoms with Gasteiger partial charge in [-0.25, -0.2) is 4.98 Å². The van der Waals surface area contributed by atoms with E-state index in [1.807, 2.05) is 49.6 Å². The molecule has 0 fully saturated rings. The molecule has 0 aliphatic rings. The number of carbonyl (C=O) groups is 1. The molecule has 2 aromatic rings. The SMILES string of the molecule is CCN(CC)CC(=O)Nc1nc(-c2ccccc2)cs1. The number of rotatable bonds is 6. The lowest BCUT2D eigenvalue weighted by molar-refractivity contribution is -0.117. The minimum atomic E-state index is -0.0114. The summed E-state index contributed by atoms with van der Waals surface area (Å²) in [7, 11) is 0. The number of amides is 1. The van der Waals surface area contributed by atoms with E-state index in [1.54, 1.807) is 0 Å². The smallest absolute Gasteiger partial charge is 0.240 e. The summed E-state index contributed by atoms with van der Waals surface area (Å²) in [5.41, 5.74) is 1.96. The summed E-state index contributed by atoms with van der Waals surface area (Å²) in [6, 6.07) is 9.95. The Morgan fingerprint density at radius 2 is 1.95 bits per heavy atom. The van der Waals surface area contributed by atoms with E-state index in [2.05, 4.69) is 15.2 Å². The molecule has 0 aliphatic heterocycles. The van der Waals surface area contributed by atoms with Crippen LogP contribution in [-0.4, -0.2) is 35.4 Å². The number of nitrogens with zero attached hydrogens (tertiary/aromatic N) is 2. The van der Waals surface area contributed by atoms with Crippen LogP contribution in [0.3, 0.4) is 0 Å². The zero-order chi connectivity index (χ0) is 14.4. The molecule has 0 saturated heterocycles. The molecular formula is C15H19N3OS. The molecule has 1 aromatic heterocycles. The van der Waals surface area contributed by atoms with Gasteiger partial charge in [-0.2, -0.15) is 0 Å². The second-order valence-electron chi connectivity index (χ2n) is 4.41. The van der Waals surface area contributed by atoms with E-state index < -0.39 is 0 Å². The number of benzene rings is 1. The number of thiazole rings is 1. The first-order valence-electron chi connectivity index (χ1n) is 6.76. The highest BCUT2D eigenvalue weighted by Gasteiger charge is 2.10. The van der Waals surface area contributed by atoms with Crippen molar-refractivity contribution >= 4 is 22.4 Å². The number of hydrogen-bond donors (Lipinski definition) is 1. The second-order valence-corrected chi connectivity index (χ2v) is 5.27. The van der Waals surface area contributed by atoms with Crippen LogP contribution in [0.1, 0.15) is 13.8 Å². The summed E-state index contributed by atoms with van der Waals surface area (Å²) < 4.78 is 0. The van der Waals surface area contributed by atoms with Crippen molar-refractivity contribution in [1.29, 1.82) is 0 Å². The minimum Gasteiger partial charge on any atom is -0.301 e. The van der Waals surface area contributed by atoms with E-state index in [1.165, 1.54) is 11.3 Å². The van der Waals surface area contributed by atoms with Crippen molar-refractivity contribution in [3.8, 4) is 11.3 Å². The Morgan fingerprint density at radius 3 is 2.60 bits per heavy atom. The van der Waals surface area contributed by atoms with Crippen molar-refractivity contribution in [1.82, 2.24) is 9.88 Å². The highest BCUT2D eigenvalue weighted by atomic mass is 32.1. The molecule has 20 heavy (non-hydrogen) atoms. The van der Waals surface area contributed by atoms with Crippen LogP contribution in [0.5, 0.6) is 0 Å². The summed E-state index contributed by atoms with van der Waals surface area (Å²) in [5, 5.41) is 5.47. The fourth-order valence-corrected chi connectivity index (χ4v) is 2.62. The van der Waals surface area contributed by atoms with Gasteiger partial charge in [-0.15, -0.1) is 11.3 Å². The molecule has 1 aromatic carbocycles. The number of aromatic nitrogens is 1. The molecular weight excluding hydrogens is 270 g/mol. The number of likely N-dealkylation sites (N-methyl/N-ethyl adjacent to an activating group) is 1. The Bertz CT molecular complexity index is 549. The Morgan fingerprint density at radius 1 is 1.25 bits per heavy atom. The van der Waals surface area contributed by atoms with Gasteiger partial charge in [0.25, 0.3) is 0 Å². The van der Waals surface area contributed by atoms with Crippen molar-refractivity contribution in [2.24, 2.45) is 0 Å². The quantitative estimate of drug-likeness (QED) is 0.889. The maximum Gasteiger partial charge on any atom is 0.240 e. The van der Waals surface area contributed by atoms with Crippen LogP contribution >= 0.6 is 11.3 Å². The predicted molar refractivity (Wildman–Crippen MR) is 84.0 cm³/mol. The van der Waals surface area contributed by atoms with Crippen LogP contribution in [0.25, 0.3) is 11.3 Å². The zero-order valence-electron chi connectivity index (χ0n) is 11.8. The zero-order valence-corrected chi connectivity index (χ0v) is 12.6. The Hall–Kier alpha value is -1.72. The average Bonchev–Trinajstić information content (AvgIpc) is 2.94. The monoisotopic (exact) mass is 289 g/mol. The second kappa shape index (κ2) is 7.17. The standard InChI is InChI=1S/C15H19N3OS/c1-3-18(4-2)10-14(19)17-15-16-13(11-20-15)12-8-6-5-7-9-12/h5-9,11H,3-4,10H2,1-2H3,(H,16,17,19). The Kier molecular flexibility index (Phi) is 5.26. The Labute approximate surface area is 123 Å². The van der Waals surface area contributed by atoms with Crippen LogP contribution in [-0.2, 0) is 4.79 Å². The lowest BCUT2D eigenvalue weighted by Crippen LogP contribution is -2.32. The van der Waals surface area contributed by atoms with Gasteiger partial charge in [0, 0.05) is 10.9 Å². The molecule has 4 nitrogen and oxygen atoms in total. The first-order valence-corrected chi connectivity index (χ1v) is 7.64. The van der Waals surface area contributed by atoms with Gasteiger partial charge >= 0.3 is 0 Å². The average molecular weight is 289 g/mol. The molecule has 5 heteroatoms. The number of carbonyl (C=O) groups excluding carboxylic acids is 1. The lowest BCUT2D eigenvalue weighted by Gasteiger charge is -2.16. The third-order valence-electron chi connectivity index (χ3n) is 3.08. The van der Waals surface area contributed by atoms with Crippen LogP contribution < -0.4 is 5.32 Å². The van der Waals surface area contributed by atoms with E-state index in [4.69, 9.17) is 0 Å². The summed E-state index contributed by atoms with van der Waals surface area (Å²) in [6.07, 6.45) is 0. The van der Waals surface area contributed by atoms with E-state index in [-0.39, 0.29) is 5.91 Å². The van der Waals surface area contributed by atoms with Gasteiger partial charge in [-0.1, -0.05) is 44.2 Å². The normalized spacial score (nSPS) is 10.8. The third kappa shape index (κ3) is 3.88. The van der Waals surface area contributed by atoms with Crippen molar-refractivity contribution in [2.45, 2.75) is 13.8 Å². The molecule has 0 saturated carbocycles. The topological polar surface area (TPSA) is 45.2 Å². The lowest BCUT2D eigenvalue weighted by atomic mass is 10.2. The predicted octanol–water partition coefficient (Wildman–Crippen LogP) is 3.09. The Balaban J connectivity index is 1.98. The van der Waals surface area contributed by atoms with Crippen molar-refractivity contribution < 1.29 is 4.79 Å². The first-order chi connectivity index (χ1) is 9.72. The van der Waals surface area contributed by atoms with Crippen LogP contribution in [0.4, 0.5) is 5.13 Å². The van der Waals surface area contributed by atoms with Crippen molar-refractivity contribution in [2.75, 3.05) is 25.0 Å². The summed E-state index contributed by atoms with van der Waals surface area (Å²) >= 11 is 1.45. The fraction of sp³-hybridized carbons (Fsp3) is 0.333. The number of nitrogens with one attached hydrogen (secondary N) is 1. The van der Waals surface area contributed by atoms with E-state index >= 15 is 0 Å². The summed E-state index contributed by atoms with van der Waals surface area (Å²) in [4.78, 5) is 18.4. The molecule has 0 radical (unpaired) electrons. The molecule has 0 bridgehead atoms. The molecule has 0 atom stereocenters. The van der Waals surface area contributed by atoms with Gasteiger partial charge in [-0.3, -0.25) is 9.69 Å². The van der Waals surface area contributed by atoms with E-state index in [0.29, 0.717) is 11.7 Å². The van der Waals surface area contributed by atoms with Gasteiger partial charge in [0.05, 0.1) is 12.2 Å². The third-order valence-corrected chi connectivity index (χ3v) is 3.84. The van der Waals surface area contributed by atoms with Gasteiger partial charge in [-0.05, 0) is 13.1 Å². The van der Waals surface area contributed by atoms with Gasteiger partial charge in [0.15, 0.2) is 5.13 Å². The molecule has 0 unspecified atom stereocenters. The molecule has 2 rings (SSSR count). The number of hydrogen-bond acceptors (Lipinski definition) is 4. The molecule has 1 heterocycles. The first kappa shape index (κ1) is 14.7. The molecule has 0 spiro atoms. The summed E-state index contributed by atoms with van der Waals surface area (Å²) in [5.74, 6) is -0.0114. The van der Waals surface area contributed by atoms with E-state index in [0.717, 1.165) is 24.3 Å². The molecule has 1 amide bonds. The summed E-state index contributed by atoms with van der Waals surface area (Å²) in [6.45, 7) is 6.25. The van der Waals surface area contributed by atoms with Crippen LogP contribution in [0, 0.1) is 0 Å². The van der Waals surface area contributed by atoms with Gasteiger partial charge in [0.1, 0.15) is 0 Å². The van der Waals surface area contributed by atoms with Crippen LogP contribution in [0.2, 0.25) is 0 Å². The molecule has 0 aliphatic carbocycles. The van der Waals surface area contributed by atoms with Crippen molar-refractivity contribution in [3.05, 3.63) is 35.7 Å².